The number of hydrogen-bond acceptors (Lipinski definition) is 3. The maximum absolute atomic E-state index is 13.2. The quantitative estimate of drug-likeness (QED) is 0.665. The van der Waals surface area contributed by atoms with Crippen molar-refractivity contribution in [3.8, 4) is 0 Å². The van der Waals surface area contributed by atoms with E-state index in [9.17, 15) is 4.39 Å². The first-order chi connectivity index (χ1) is 8.65. The lowest BCUT2D eigenvalue weighted by Gasteiger charge is -2.20. The average Bonchev–Trinajstić information content (AvgIpc) is 2.30. The topological polar surface area (TPSA) is 27.7 Å². The number of halogens is 1. The van der Waals surface area contributed by atoms with Gasteiger partial charge in [-0.25, -0.2) is 4.39 Å². The molecule has 0 aliphatic rings. The van der Waals surface area contributed by atoms with Gasteiger partial charge in [0.15, 0.2) is 6.16 Å². The van der Waals surface area contributed by atoms with Crippen LogP contribution in [0.15, 0.2) is 24.3 Å². The van der Waals surface area contributed by atoms with E-state index in [-0.39, 0.29) is 5.82 Å². The van der Waals surface area contributed by atoms with Gasteiger partial charge in [-0.15, -0.1) is 0 Å². The van der Waals surface area contributed by atoms with Crippen LogP contribution in [0.5, 0.6) is 0 Å². The first-order valence-corrected chi connectivity index (χ1v) is 7.94. The molecule has 0 aliphatic heterocycles. The van der Waals surface area contributed by atoms with Crippen molar-refractivity contribution in [1.29, 1.82) is 0 Å². The maximum Gasteiger partial charge on any atom is 0.416 e. The smallest absolute Gasteiger partial charge is 0.207 e. The van der Waals surface area contributed by atoms with Gasteiger partial charge >= 0.3 is 7.94 Å². The van der Waals surface area contributed by atoms with E-state index in [2.05, 4.69) is 0 Å². The summed E-state index contributed by atoms with van der Waals surface area (Å²) in [5.41, 5.74) is 0.832. The van der Waals surface area contributed by atoms with Gasteiger partial charge < -0.3 is 0 Å². The molecule has 0 spiro atoms. The minimum atomic E-state index is -2.40. The first kappa shape index (κ1) is 15.5. The van der Waals surface area contributed by atoms with Gasteiger partial charge in [0, 0.05) is 0 Å². The van der Waals surface area contributed by atoms with Crippen LogP contribution in [0, 0.1) is 5.82 Å². The molecule has 0 saturated carbocycles. The fraction of sp³-hybridized carbons (Fsp3) is 0.538. The summed E-state index contributed by atoms with van der Waals surface area (Å²) in [6, 6.07) is 6.45. The summed E-state index contributed by atoms with van der Waals surface area (Å²) in [6.45, 7) is 7.25. The van der Waals surface area contributed by atoms with E-state index in [0.29, 0.717) is 26.0 Å². The Labute approximate surface area is 109 Å². The van der Waals surface area contributed by atoms with E-state index in [0.717, 1.165) is 5.56 Å². The van der Waals surface area contributed by atoms with E-state index in [1.807, 2.05) is 26.8 Å². The molecule has 0 fully saturated rings. The molecule has 0 unspecified atom stereocenters. The number of hydrogen-bond donors (Lipinski definition) is 0. The third-order valence-corrected chi connectivity index (χ3v) is 4.95. The van der Waals surface area contributed by atoms with E-state index in [1.54, 1.807) is 6.07 Å². The third-order valence-electron chi connectivity index (χ3n) is 2.24. The van der Waals surface area contributed by atoms with Crippen LogP contribution < -0.4 is 0 Å². The van der Waals surface area contributed by atoms with Crippen molar-refractivity contribution in [3.63, 3.8) is 0 Å². The van der Waals surface area contributed by atoms with Crippen molar-refractivity contribution < 1.29 is 18.0 Å². The van der Waals surface area contributed by atoms with Crippen molar-refractivity contribution in [2.75, 3.05) is 19.8 Å². The molecule has 1 aromatic rings. The SMILES string of the molecule is CCO[P+](Cc1cccc(F)c1)(OCC)OCC. The second-order valence-corrected chi connectivity index (χ2v) is 5.96. The zero-order chi connectivity index (χ0) is 13.4. The second-order valence-electron chi connectivity index (χ2n) is 3.65. The molecule has 0 heterocycles. The lowest BCUT2D eigenvalue weighted by atomic mass is 10.2. The van der Waals surface area contributed by atoms with Gasteiger partial charge in [-0.1, -0.05) is 12.1 Å². The largest absolute Gasteiger partial charge is 0.416 e. The molecule has 1 aromatic carbocycles. The second kappa shape index (κ2) is 7.80. The molecule has 1 rings (SSSR count). The van der Waals surface area contributed by atoms with Crippen molar-refractivity contribution in [2.45, 2.75) is 26.9 Å². The van der Waals surface area contributed by atoms with Gasteiger partial charge in [0.1, 0.15) is 5.82 Å². The molecule has 0 amide bonds. The highest BCUT2D eigenvalue weighted by Crippen LogP contribution is 2.64. The monoisotopic (exact) mass is 275 g/mol. The highest BCUT2D eigenvalue weighted by Gasteiger charge is 2.44. The van der Waals surface area contributed by atoms with Crippen LogP contribution in [0.25, 0.3) is 0 Å². The molecule has 102 valence electrons. The van der Waals surface area contributed by atoms with Crippen molar-refractivity contribution in [2.24, 2.45) is 0 Å². The van der Waals surface area contributed by atoms with E-state index < -0.39 is 7.94 Å². The molecule has 3 nitrogen and oxygen atoms in total. The summed E-state index contributed by atoms with van der Waals surface area (Å²) in [7, 11) is -2.40. The van der Waals surface area contributed by atoms with Gasteiger partial charge in [0.05, 0.1) is 19.8 Å². The highest BCUT2D eigenvalue weighted by molar-refractivity contribution is 7.60. The van der Waals surface area contributed by atoms with Crippen LogP contribution in [-0.2, 0) is 19.7 Å². The zero-order valence-corrected chi connectivity index (χ0v) is 12.1. The molecule has 18 heavy (non-hydrogen) atoms. The fourth-order valence-corrected chi connectivity index (χ4v) is 4.02. The zero-order valence-electron chi connectivity index (χ0n) is 11.2. The van der Waals surface area contributed by atoms with Gasteiger partial charge in [-0.05, 0) is 38.5 Å². The molecular formula is C13H21FO3P+. The minimum absolute atomic E-state index is 0.255. The lowest BCUT2D eigenvalue weighted by molar-refractivity contribution is 0.149. The maximum atomic E-state index is 13.2. The summed E-state index contributed by atoms with van der Waals surface area (Å²) in [5.74, 6) is -0.255. The highest BCUT2D eigenvalue weighted by atomic mass is 31.2. The Bertz CT molecular complexity index is 343. The van der Waals surface area contributed by atoms with Crippen molar-refractivity contribution in [1.82, 2.24) is 0 Å². The Morgan fingerprint density at radius 2 is 1.56 bits per heavy atom. The number of rotatable bonds is 8. The van der Waals surface area contributed by atoms with Crippen molar-refractivity contribution >= 4 is 7.94 Å². The van der Waals surface area contributed by atoms with Gasteiger partial charge in [0.25, 0.3) is 0 Å². The molecular weight excluding hydrogens is 254 g/mol. The molecule has 5 heteroatoms. The molecule has 0 aromatic heterocycles. The van der Waals surface area contributed by atoms with Gasteiger partial charge in [-0.3, -0.25) is 0 Å². The Morgan fingerprint density at radius 1 is 1.00 bits per heavy atom. The van der Waals surface area contributed by atoms with Crippen LogP contribution in [-0.4, -0.2) is 19.8 Å². The average molecular weight is 275 g/mol. The van der Waals surface area contributed by atoms with Crippen LogP contribution in [0.3, 0.4) is 0 Å². The summed E-state index contributed by atoms with van der Waals surface area (Å²) in [4.78, 5) is 0. The molecule has 0 radical (unpaired) electrons. The van der Waals surface area contributed by atoms with E-state index in [4.69, 9.17) is 13.6 Å². The van der Waals surface area contributed by atoms with Crippen LogP contribution >= 0.6 is 7.94 Å². The predicted octanol–water partition coefficient (Wildman–Crippen LogP) is 4.20. The van der Waals surface area contributed by atoms with Crippen LogP contribution in [0.1, 0.15) is 26.3 Å². The normalized spacial score (nSPS) is 11.8. The predicted molar refractivity (Wildman–Crippen MR) is 71.9 cm³/mol. The van der Waals surface area contributed by atoms with Crippen LogP contribution in [0.4, 0.5) is 4.39 Å². The Balaban J connectivity index is 2.87. The molecule has 0 aliphatic carbocycles. The fourth-order valence-electron chi connectivity index (χ4n) is 1.70. The van der Waals surface area contributed by atoms with Crippen molar-refractivity contribution in [3.05, 3.63) is 35.6 Å². The summed E-state index contributed by atoms with van der Waals surface area (Å²) in [5, 5.41) is 0. The molecule has 0 N–H and O–H groups in total. The summed E-state index contributed by atoms with van der Waals surface area (Å²) in [6.07, 6.45) is 0.473. The Hall–Kier alpha value is -0.540. The Morgan fingerprint density at radius 3 is 2.00 bits per heavy atom. The van der Waals surface area contributed by atoms with E-state index in [1.165, 1.54) is 12.1 Å². The molecule has 0 bridgehead atoms. The van der Waals surface area contributed by atoms with E-state index >= 15 is 0 Å². The van der Waals surface area contributed by atoms with Gasteiger partial charge in [-0.2, -0.15) is 13.6 Å². The summed E-state index contributed by atoms with van der Waals surface area (Å²) < 4.78 is 30.3. The van der Waals surface area contributed by atoms with Crippen LogP contribution in [0.2, 0.25) is 0 Å². The third kappa shape index (κ3) is 4.62. The first-order valence-electron chi connectivity index (χ1n) is 6.22. The molecule has 0 atom stereocenters. The lowest BCUT2D eigenvalue weighted by Crippen LogP contribution is -2.10. The minimum Gasteiger partial charge on any atom is -0.207 e. The van der Waals surface area contributed by atoms with Gasteiger partial charge in [0.2, 0.25) is 0 Å². The Kier molecular flexibility index (Phi) is 6.72. The number of benzene rings is 1. The summed E-state index contributed by atoms with van der Waals surface area (Å²) >= 11 is 0. The molecule has 0 saturated heterocycles. The standard InChI is InChI=1S/C13H21FO3P/c1-4-15-18(16-5-2,17-6-3)11-12-8-7-9-13(14)10-12/h7-10H,4-6,11H2,1-3H3/q+1.